The minimum absolute atomic E-state index is 0.00412. The topological polar surface area (TPSA) is 71.3 Å². The Labute approximate surface area is 124 Å². The summed E-state index contributed by atoms with van der Waals surface area (Å²) in [7, 11) is 0. The van der Waals surface area contributed by atoms with Crippen molar-refractivity contribution in [3.63, 3.8) is 0 Å². The van der Waals surface area contributed by atoms with Gasteiger partial charge in [-0.2, -0.15) is 5.10 Å². The molecule has 0 saturated carbocycles. The normalized spacial score (nSPS) is 19.4. The molecule has 7 heteroatoms. The van der Waals surface area contributed by atoms with Crippen molar-refractivity contribution in [1.82, 2.24) is 24.6 Å². The number of amides is 2. The van der Waals surface area contributed by atoms with Crippen LogP contribution in [0.2, 0.25) is 0 Å². The average molecular weight is 293 g/mol. The van der Waals surface area contributed by atoms with Gasteiger partial charge >= 0.3 is 0 Å². The predicted octanol–water partition coefficient (Wildman–Crippen LogP) is 0.383. The Bertz CT molecular complexity index is 486. The zero-order chi connectivity index (χ0) is 15.4. The maximum absolute atomic E-state index is 12.3. The highest BCUT2D eigenvalue weighted by molar-refractivity contribution is 5.88. The lowest BCUT2D eigenvalue weighted by Crippen LogP contribution is -2.58. The summed E-state index contributed by atoms with van der Waals surface area (Å²) in [5.41, 5.74) is 0. The quantitative estimate of drug-likeness (QED) is 0.787. The van der Waals surface area contributed by atoms with Crippen LogP contribution in [-0.2, 0) is 16.1 Å². The van der Waals surface area contributed by atoms with Crippen LogP contribution in [0, 0.1) is 5.92 Å². The van der Waals surface area contributed by atoms with Crippen molar-refractivity contribution in [1.29, 1.82) is 0 Å². The molecule has 116 valence electrons. The molecule has 21 heavy (non-hydrogen) atoms. The van der Waals surface area contributed by atoms with Crippen LogP contribution in [0.1, 0.15) is 27.2 Å². The minimum atomic E-state index is -0.374. The molecule has 0 spiro atoms. The van der Waals surface area contributed by atoms with Crippen LogP contribution in [0.3, 0.4) is 0 Å². The second-order valence-corrected chi connectivity index (χ2v) is 5.85. The van der Waals surface area contributed by atoms with Crippen molar-refractivity contribution in [2.75, 3.05) is 19.6 Å². The summed E-state index contributed by atoms with van der Waals surface area (Å²) in [5, 5.41) is 3.97. The molecule has 0 N–H and O–H groups in total. The number of aryl methyl sites for hydroxylation is 1. The SMILES string of the molecule is CC(C)CN1CCN(C(=O)CCn2cncn2)[C@@H](C)C1=O. The molecule has 0 aliphatic carbocycles. The molecule has 1 aromatic rings. The van der Waals surface area contributed by atoms with Crippen LogP contribution >= 0.6 is 0 Å². The highest BCUT2D eigenvalue weighted by atomic mass is 16.2. The van der Waals surface area contributed by atoms with Gasteiger partial charge in [0.25, 0.3) is 0 Å². The number of hydrogen-bond donors (Lipinski definition) is 0. The Hall–Kier alpha value is -1.92. The van der Waals surface area contributed by atoms with E-state index in [1.165, 1.54) is 6.33 Å². The summed E-state index contributed by atoms with van der Waals surface area (Å²) in [4.78, 5) is 32.0. The van der Waals surface area contributed by atoms with Crippen LogP contribution in [0.15, 0.2) is 12.7 Å². The molecule has 0 unspecified atom stereocenters. The molecule has 2 rings (SSSR count). The zero-order valence-corrected chi connectivity index (χ0v) is 12.9. The molecule has 7 nitrogen and oxygen atoms in total. The van der Waals surface area contributed by atoms with Crippen LogP contribution in [0.4, 0.5) is 0 Å². The van der Waals surface area contributed by atoms with Gasteiger partial charge in [0.15, 0.2) is 0 Å². The first-order valence-electron chi connectivity index (χ1n) is 7.39. The summed E-state index contributed by atoms with van der Waals surface area (Å²) in [5.74, 6) is 0.482. The Morgan fingerprint density at radius 1 is 1.43 bits per heavy atom. The van der Waals surface area contributed by atoms with Crippen molar-refractivity contribution in [2.24, 2.45) is 5.92 Å². The van der Waals surface area contributed by atoms with Gasteiger partial charge in [0.2, 0.25) is 11.8 Å². The molecule has 0 radical (unpaired) electrons. The fourth-order valence-electron chi connectivity index (χ4n) is 2.59. The largest absolute Gasteiger partial charge is 0.339 e. The molecular formula is C14H23N5O2. The monoisotopic (exact) mass is 293 g/mol. The van der Waals surface area contributed by atoms with E-state index in [9.17, 15) is 9.59 Å². The first-order chi connectivity index (χ1) is 9.99. The van der Waals surface area contributed by atoms with Gasteiger partial charge in [-0.15, -0.1) is 0 Å². The number of carbonyl (C=O) groups excluding carboxylic acids is 2. The highest BCUT2D eigenvalue weighted by Crippen LogP contribution is 2.14. The number of carbonyl (C=O) groups is 2. The molecule has 2 heterocycles. The van der Waals surface area contributed by atoms with Gasteiger partial charge in [-0.3, -0.25) is 14.3 Å². The van der Waals surface area contributed by atoms with Crippen LogP contribution in [0.5, 0.6) is 0 Å². The van der Waals surface area contributed by atoms with Gasteiger partial charge in [0.05, 0.1) is 6.54 Å². The third-order valence-electron chi connectivity index (χ3n) is 3.67. The summed E-state index contributed by atoms with van der Waals surface area (Å²) in [6, 6.07) is -0.374. The molecule has 1 aromatic heterocycles. The van der Waals surface area contributed by atoms with Crippen molar-refractivity contribution in [3.05, 3.63) is 12.7 Å². The van der Waals surface area contributed by atoms with E-state index in [1.54, 1.807) is 15.9 Å². The van der Waals surface area contributed by atoms with E-state index >= 15 is 0 Å². The van der Waals surface area contributed by atoms with Gasteiger partial charge < -0.3 is 9.80 Å². The highest BCUT2D eigenvalue weighted by Gasteiger charge is 2.33. The van der Waals surface area contributed by atoms with Gasteiger partial charge in [0, 0.05) is 26.1 Å². The Balaban J connectivity index is 1.89. The van der Waals surface area contributed by atoms with Gasteiger partial charge in [-0.05, 0) is 12.8 Å². The maximum Gasteiger partial charge on any atom is 0.245 e. The first-order valence-corrected chi connectivity index (χ1v) is 7.39. The smallest absolute Gasteiger partial charge is 0.245 e. The lowest BCUT2D eigenvalue weighted by molar-refractivity contribution is -0.151. The second-order valence-electron chi connectivity index (χ2n) is 5.85. The molecule has 1 fully saturated rings. The molecule has 0 bridgehead atoms. The minimum Gasteiger partial charge on any atom is -0.339 e. The standard InChI is InChI=1S/C14H23N5O2/c1-11(2)8-17-6-7-19(12(3)14(17)21)13(20)4-5-18-10-15-9-16-18/h9-12H,4-8H2,1-3H3/t12-/m0/s1. The molecular weight excluding hydrogens is 270 g/mol. The number of piperazine rings is 1. The zero-order valence-electron chi connectivity index (χ0n) is 12.9. The number of nitrogens with zero attached hydrogens (tertiary/aromatic N) is 5. The van der Waals surface area contributed by atoms with Crippen molar-refractivity contribution >= 4 is 11.8 Å². The third-order valence-corrected chi connectivity index (χ3v) is 3.67. The van der Waals surface area contributed by atoms with Gasteiger partial charge in [-0.25, -0.2) is 4.98 Å². The van der Waals surface area contributed by atoms with E-state index < -0.39 is 0 Å². The van der Waals surface area contributed by atoms with Crippen LogP contribution in [-0.4, -0.2) is 62.1 Å². The van der Waals surface area contributed by atoms with Crippen molar-refractivity contribution in [2.45, 2.75) is 39.8 Å². The Morgan fingerprint density at radius 2 is 2.19 bits per heavy atom. The fraction of sp³-hybridized carbons (Fsp3) is 0.714. The van der Waals surface area contributed by atoms with Crippen LogP contribution < -0.4 is 0 Å². The molecule has 1 atom stereocenters. The van der Waals surface area contributed by atoms with Crippen molar-refractivity contribution in [3.8, 4) is 0 Å². The molecule has 2 amide bonds. The van der Waals surface area contributed by atoms with Gasteiger partial charge in [0.1, 0.15) is 18.7 Å². The molecule has 1 aliphatic heterocycles. The van der Waals surface area contributed by atoms with E-state index in [0.717, 1.165) is 6.54 Å². The first kappa shape index (κ1) is 15.5. The number of aromatic nitrogens is 3. The van der Waals surface area contributed by atoms with E-state index in [-0.39, 0.29) is 17.9 Å². The fourth-order valence-corrected chi connectivity index (χ4v) is 2.59. The molecule has 1 aliphatic rings. The molecule has 0 aromatic carbocycles. The molecule has 1 saturated heterocycles. The van der Waals surface area contributed by atoms with E-state index in [1.807, 2.05) is 11.8 Å². The van der Waals surface area contributed by atoms with E-state index in [0.29, 0.717) is 32.0 Å². The van der Waals surface area contributed by atoms with Gasteiger partial charge in [-0.1, -0.05) is 13.8 Å². The number of hydrogen-bond acceptors (Lipinski definition) is 4. The van der Waals surface area contributed by atoms with E-state index in [2.05, 4.69) is 23.9 Å². The third kappa shape index (κ3) is 3.80. The maximum atomic E-state index is 12.3. The lowest BCUT2D eigenvalue weighted by Gasteiger charge is -2.39. The second kappa shape index (κ2) is 6.69. The predicted molar refractivity (Wildman–Crippen MR) is 77.2 cm³/mol. The van der Waals surface area contributed by atoms with Crippen molar-refractivity contribution < 1.29 is 9.59 Å². The van der Waals surface area contributed by atoms with Crippen LogP contribution in [0.25, 0.3) is 0 Å². The summed E-state index contributed by atoms with van der Waals surface area (Å²) in [6.07, 6.45) is 3.37. The number of rotatable bonds is 5. The Morgan fingerprint density at radius 3 is 2.81 bits per heavy atom. The van der Waals surface area contributed by atoms with E-state index in [4.69, 9.17) is 0 Å². The summed E-state index contributed by atoms with van der Waals surface area (Å²) in [6.45, 7) is 8.46. The Kier molecular flexibility index (Phi) is 4.93. The summed E-state index contributed by atoms with van der Waals surface area (Å²) < 4.78 is 1.62. The summed E-state index contributed by atoms with van der Waals surface area (Å²) >= 11 is 0. The average Bonchev–Trinajstić information content (AvgIpc) is 2.94. The lowest BCUT2D eigenvalue weighted by atomic mass is 10.1.